The Labute approximate surface area is 113 Å². The van der Waals surface area contributed by atoms with Crippen LogP contribution in [0.1, 0.15) is 15.9 Å². The van der Waals surface area contributed by atoms with Crippen molar-refractivity contribution in [3.63, 3.8) is 0 Å². The van der Waals surface area contributed by atoms with Gasteiger partial charge in [0.25, 0.3) is 5.91 Å². The highest BCUT2D eigenvalue weighted by Gasteiger charge is 2.15. The highest BCUT2D eigenvalue weighted by Crippen LogP contribution is 2.21. The van der Waals surface area contributed by atoms with Crippen molar-refractivity contribution in [1.29, 1.82) is 0 Å². The van der Waals surface area contributed by atoms with Crippen molar-refractivity contribution in [3.05, 3.63) is 58.9 Å². The number of anilines is 2. The summed E-state index contributed by atoms with van der Waals surface area (Å²) in [6.45, 7) is 1.40. The molecule has 104 valence electrons. The monoisotopic (exact) mass is 280 g/mol. The third kappa shape index (κ3) is 2.74. The van der Waals surface area contributed by atoms with Crippen LogP contribution >= 0.6 is 0 Å². The lowest BCUT2D eigenvalue weighted by Crippen LogP contribution is -2.15. The van der Waals surface area contributed by atoms with Crippen LogP contribution in [0.25, 0.3) is 0 Å². The van der Waals surface area contributed by atoms with Crippen LogP contribution in [0.3, 0.4) is 0 Å². The molecule has 2 aromatic carbocycles. The molecule has 0 aromatic heterocycles. The molecular formula is C14H11F3N2O. The summed E-state index contributed by atoms with van der Waals surface area (Å²) < 4.78 is 39.7. The van der Waals surface area contributed by atoms with Gasteiger partial charge in [-0.05, 0) is 36.8 Å². The summed E-state index contributed by atoms with van der Waals surface area (Å²) in [7, 11) is 0. The number of carbonyl (C=O) groups excluding carboxylic acids is 1. The normalized spacial score (nSPS) is 10.4. The minimum absolute atomic E-state index is 0.0244. The number of benzene rings is 2. The van der Waals surface area contributed by atoms with E-state index in [1.54, 1.807) is 0 Å². The van der Waals surface area contributed by atoms with Crippen molar-refractivity contribution < 1.29 is 18.0 Å². The maximum Gasteiger partial charge on any atom is 0.258 e. The molecule has 3 nitrogen and oxygen atoms in total. The van der Waals surface area contributed by atoms with E-state index in [4.69, 9.17) is 5.73 Å². The topological polar surface area (TPSA) is 55.1 Å². The standard InChI is InChI=1S/C14H11F3N2O/c1-7-4-9(11(17)6-10(7)16)14(20)19-13-5-8(15)2-3-12(13)18/h2-6H,18H2,1H3,(H,19,20). The van der Waals surface area contributed by atoms with Crippen LogP contribution in [0, 0.1) is 24.4 Å². The smallest absolute Gasteiger partial charge is 0.258 e. The highest BCUT2D eigenvalue weighted by atomic mass is 19.1. The van der Waals surface area contributed by atoms with Crippen LogP contribution in [0.5, 0.6) is 0 Å². The largest absolute Gasteiger partial charge is 0.397 e. The number of halogens is 3. The summed E-state index contributed by atoms with van der Waals surface area (Å²) in [6.07, 6.45) is 0. The number of hydrogen-bond acceptors (Lipinski definition) is 2. The van der Waals surface area contributed by atoms with Gasteiger partial charge in [0.05, 0.1) is 16.9 Å². The van der Waals surface area contributed by atoms with Crippen LogP contribution in [0.2, 0.25) is 0 Å². The number of aryl methyl sites for hydroxylation is 1. The zero-order valence-electron chi connectivity index (χ0n) is 10.5. The SMILES string of the molecule is Cc1cc(C(=O)Nc2cc(F)ccc2N)c(F)cc1F. The van der Waals surface area contributed by atoms with Crippen LogP contribution in [0.4, 0.5) is 24.5 Å². The number of nitrogens with two attached hydrogens (primary N) is 1. The Morgan fingerprint density at radius 3 is 2.50 bits per heavy atom. The van der Waals surface area contributed by atoms with Crippen molar-refractivity contribution in [3.8, 4) is 0 Å². The lowest BCUT2D eigenvalue weighted by molar-refractivity contribution is 0.102. The van der Waals surface area contributed by atoms with Crippen LogP contribution < -0.4 is 11.1 Å². The van der Waals surface area contributed by atoms with E-state index in [0.29, 0.717) is 6.07 Å². The van der Waals surface area contributed by atoms with Gasteiger partial charge in [-0.2, -0.15) is 0 Å². The predicted molar refractivity (Wildman–Crippen MR) is 69.9 cm³/mol. The van der Waals surface area contributed by atoms with Gasteiger partial charge in [0.1, 0.15) is 17.5 Å². The van der Waals surface area contributed by atoms with Crippen molar-refractivity contribution in [2.75, 3.05) is 11.1 Å². The van der Waals surface area contributed by atoms with Crippen molar-refractivity contribution in [1.82, 2.24) is 0 Å². The fraction of sp³-hybridized carbons (Fsp3) is 0.0714. The maximum absolute atomic E-state index is 13.6. The first-order valence-electron chi connectivity index (χ1n) is 5.70. The van der Waals surface area contributed by atoms with Gasteiger partial charge in [-0.25, -0.2) is 13.2 Å². The van der Waals surface area contributed by atoms with Gasteiger partial charge < -0.3 is 11.1 Å². The Morgan fingerprint density at radius 1 is 1.10 bits per heavy atom. The van der Waals surface area contributed by atoms with Crippen LogP contribution in [-0.4, -0.2) is 5.91 Å². The first-order chi connectivity index (χ1) is 9.38. The Kier molecular flexibility index (Phi) is 3.65. The molecule has 0 fully saturated rings. The Balaban J connectivity index is 2.33. The van der Waals surface area contributed by atoms with E-state index >= 15 is 0 Å². The predicted octanol–water partition coefficient (Wildman–Crippen LogP) is 3.25. The molecule has 0 aliphatic carbocycles. The number of nitrogens with one attached hydrogen (secondary N) is 1. The average Bonchev–Trinajstić information content (AvgIpc) is 2.38. The molecule has 0 saturated heterocycles. The van der Waals surface area contributed by atoms with E-state index in [9.17, 15) is 18.0 Å². The third-order valence-electron chi connectivity index (χ3n) is 2.76. The first kappa shape index (κ1) is 13.9. The van der Waals surface area contributed by atoms with Gasteiger partial charge in [0.15, 0.2) is 0 Å². The zero-order chi connectivity index (χ0) is 14.9. The maximum atomic E-state index is 13.6. The molecule has 0 atom stereocenters. The molecule has 3 N–H and O–H groups in total. The number of carbonyl (C=O) groups is 1. The van der Waals surface area contributed by atoms with Crippen LogP contribution in [-0.2, 0) is 0 Å². The molecular weight excluding hydrogens is 269 g/mol. The number of amides is 1. The highest BCUT2D eigenvalue weighted by molar-refractivity contribution is 6.06. The van der Waals surface area contributed by atoms with Crippen molar-refractivity contribution in [2.45, 2.75) is 6.92 Å². The Bertz CT molecular complexity index is 686. The van der Waals surface area contributed by atoms with Gasteiger partial charge >= 0.3 is 0 Å². The fourth-order valence-electron chi connectivity index (χ4n) is 1.66. The minimum Gasteiger partial charge on any atom is -0.397 e. The second-order valence-corrected chi connectivity index (χ2v) is 4.27. The van der Waals surface area contributed by atoms with E-state index < -0.39 is 23.4 Å². The van der Waals surface area contributed by atoms with Crippen molar-refractivity contribution >= 4 is 17.3 Å². The molecule has 20 heavy (non-hydrogen) atoms. The number of nitrogen functional groups attached to an aromatic ring is 1. The lowest BCUT2D eigenvalue weighted by atomic mass is 10.1. The second kappa shape index (κ2) is 5.24. The molecule has 0 saturated carbocycles. The summed E-state index contributed by atoms with van der Waals surface area (Å²) in [5.41, 5.74) is 5.52. The summed E-state index contributed by atoms with van der Waals surface area (Å²) in [6, 6.07) is 5.13. The van der Waals surface area contributed by atoms with E-state index in [1.165, 1.54) is 13.0 Å². The lowest BCUT2D eigenvalue weighted by Gasteiger charge is -2.09. The van der Waals surface area contributed by atoms with Gasteiger partial charge in [0, 0.05) is 6.07 Å². The molecule has 1 amide bonds. The molecule has 0 radical (unpaired) electrons. The average molecular weight is 280 g/mol. The number of rotatable bonds is 2. The fourth-order valence-corrected chi connectivity index (χ4v) is 1.66. The number of hydrogen-bond donors (Lipinski definition) is 2. The van der Waals surface area contributed by atoms with E-state index in [0.717, 1.165) is 18.2 Å². The molecule has 0 spiro atoms. The van der Waals surface area contributed by atoms with E-state index in [2.05, 4.69) is 5.32 Å². The second-order valence-electron chi connectivity index (χ2n) is 4.27. The Hall–Kier alpha value is -2.50. The van der Waals surface area contributed by atoms with Gasteiger partial charge in [0.2, 0.25) is 0 Å². The van der Waals surface area contributed by atoms with Gasteiger partial charge in [-0.15, -0.1) is 0 Å². The summed E-state index contributed by atoms with van der Waals surface area (Å²) in [5, 5.41) is 2.29. The molecule has 0 bridgehead atoms. The Morgan fingerprint density at radius 2 is 1.80 bits per heavy atom. The molecule has 2 aromatic rings. The summed E-state index contributed by atoms with van der Waals surface area (Å²) in [5.74, 6) is -3.17. The van der Waals surface area contributed by atoms with Gasteiger partial charge in [-0.1, -0.05) is 0 Å². The molecule has 0 aliphatic heterocycles. The zero-order valence-corrected chi connectivity index (χ0v) is 10.5. The molecule has 0 unspecified atom stereocenters. The molecule has 0 aliphatic rings. The van der Waals surface area contributed by atoms with E-state index in [1.807, 2.05) is 0 Å². The van der Waals surface area contributed by atoms with Gasteiger partial charge in [-0.3, -0.25) is 4.79 Å². The third-order valence-corrected chi connectivity index (χ3v) is 2.76. The quantitative estimate of drug-likeness (QED) is 0.830. The minimum atomic E-state index is -0.999. The summed E-state index contributed by atoms with van der Waals surface area (Å²) >= 11 is 0. The summed E-state index contributed by atoms with van der Waals surface area (Å²) in [4.78, 5) is 11.9. The first-order valence-corrected chi connectivity index (χ1v) is 5.70. The van der Waals surface area contributed by atoms with E-state index in [-0.39, 0.29) is 22.5 Å². The van der Waals surface area contributed by atoms with Crippen LogP contribution in [0.15, 0.2) is 30.3 Å². The molecule has 6 heteroatoms. The van der Waals surface area contributed by atoms with Crippen molar-refractivity contribution in [2.24, 2.45) is 0 Å². The molecule has 2 rings (SSSR count). The molecule has 0 heterocycles.